The maximum atomic E-state index is 12.9. The summed E-state index contributed by atoms with van der Waals surface area (Å²) in [5, 5.41) is 11.5. The van der Waals surface area contributed by atoms with Crippen molar-refractivity contribution in [2.75, 3.05) is 0 Å². The van der Waals surface area contributed by atoms with Crippen molar-refractivity contribution in [3.8, 4) is 17.1 Å². The highest BCUT2D eigenvalue weighted by Gasteiger charge is 2.62. The molecule has 0 aromatic carbocycles. The first kappa shape index (κ1) is 18.9. The van der Waals surface area contributed by atoms with Gasteiger partial charge < -0.3 is 14.3 Å². The van der Waals surface area contributed by atoms with Gasteiger partial charge in [-0.1, -0.05) is 26.7 Å². The molecule has 3 aliphatic rings. The van der Waals surface area contributed by atoms with Crippen molar-refractivity contribution in [1.29, 1.82) is 0 Å². The molecule has 5 rings (SSSR count). The Hall–Kier alpha value is -2.14. The number of pyridine rings is 1. The monoisotopic (exact) mass is 395 g/mol. The van der Waals surface area contributed by atoms with E-state index in [9.17, 15) is 9.90 Å². The number of nitrogens with zero attached hydrogens (tertiary/aromatic N) is 1. The van der Waals surface area contributed by atoms with Crippen LogP contribution in [-0.4, -0.2) is 15.7 Å². The van der Waals surface area contributed by atoms with E-state index in [4.69, 9.17) is 9.15 Å². The van der Waals surface area contributed by atoms with Crippen LogP contribution in [0.2, 0.25) is 0 Å². The van der Waals surface area contributed by atoms with Gasteiger partial charge in [-0.2, -0.15) is 0 Å². The first-order chi connectivity index (χ1) is 13.8. The minimum Gasteiger partial charge on any atom is -0.486 e. The number of aliphatic hydroxyl groups excluding tert-OH is 1. The smallest absolute Gasteiger partial charge is 0.345 e. The predicted molar refractivity (Wildman–Crippen MR) is 110 cm³/mol. The highest BCUT2D eigenvalue weighted by Crippen LogP contribution is 2.64. The van der Waals surface area contributed by atoms with Gasteiger partial charge in [0.15, 0.2) is 0 Å². The van der Waals surface area contributed by atoms with Crippen LogP contribution in [0.3, 0.4) is 0 Å². The number of hydrogen-bond acceptors (Lipinski definition) is 5. The summed E-state index contributed by atoms with van der Waals surface area (Å²) in [5.41, 5.74) is -0.0504. The number of rotatable bonds is 1. The molecule has 0 amide bonds. The van der Waals surface area contributed by atoms with E-state index in [1.165, 1.54) is 6.42 Å². The van der Waals surface area contributed by atoms with E-state index >= 15 is 0 Å². The third-order valence-corrected chi connectivity index (χ3v) is 8.08. The van der Waals surface area contributed by atoms with Gasteiger partial charge in [0.2, 0.25) is 0 Å². The Labute approximate surface area is 171 Å². The van der Waals surface area contributed by atoms with Crippen LogP contribution in [0.15, 0.2) is 39.8 Å². The minimum absolute atomic E-state index is 0.0454. The largest absolute Gasteiger partial charge is 0.486 e. The normalized spacial score (nSPS) is 38.3. The third-order valence-electron chi connectivity index (χ3n) is 8.08. The summed E-state index contributed by atoms with van der Waals surface area (Å²) < 4.78 is 12.1. The number of aliphatic hydroxyl groups is 1. The van der Waals surface area contributed by atoms with E-state index in [1.54, 1.807) is 24.5 Å². The molecule has 154 valence electrons. The summed E-state index contributed by atoms with van der Waals surface area (Å²) in [6.07, 6.45) is 7.92. The molecule has 5 nitrogen and oxygen atoms in total. The topological polar surface area (TPSA) is 72.6 Å². The van der Waals surface area contributed by atoms with Crippen LogP contribution in [0, 0.1) is 23.2 Å². The third kappa shape index (κ3) is 2.70. The van der Waals surface area contributed by atoms with Crippen LogP contribution in [0.1, 0.15) is 64.5 Å². The van der Waals surface area contributed by atoms with E-state index < -0.39 is 17.3 Å². The Morgan fingerprint density at radius 2 is 2.07 bits per heavy atom. The van der Waals surface area contributed by atoms with Gasteiger partial charge in [-0.05, 0) is 55.6 Å². The van der Waals surface area contributed by atoms with Gasteiger partial charge in [0.1, 0.15) is 22.7 Å². The SMILES string of the molecule is C[C@H]1CCC[C@@]2(C)C1CC[C@@]1(C)Oc3cc(-c4cccnc4)oc(=O)c3C(O)C21. The molecule has 0 bridgehead atoms. The molecule has 6 atom stereocenters. The molecule has 29 heavy (non-hydrogen) atoms. The van der Waals surface area contributed by atoms with Crippen LogP contribution < -0.4 is 10.4 Å². The molecule has 2 aliphatic carbocycles. The van der Waals surface area contributed by atoms with Crippen LogP contribution in [0.4, 0.5) is 0 Å². The lowest BCUT2D eigenvalue weighted by atomic mass is 9.47. The molecule has 2 aromatic heterocycles. The standard InChI is InChI=1S/C24H29NO4/c1-14-6-4-9-23(2)16(14)8-10-24(3)21(23)20(26)19-18(29-24)12-17(28-22(19)27)15-7-5-11-25-13-15/h5,7,11-14,16,20-21,26H,4,6,8-10H2,1-3H3/t14-,16?,20?,21?,23-,24+/m0/s1. The van der Waals surface area contributed by atoms with Gasteiger partial charge in [0.25, 0.3) is 0 Å². The van der Waals surface area contributed by atoms with Crippen LogP contribution in [0.25, 0.3) is 11.3 Å². The fourth-order valence-electron chi connectivity index (χ4n) is 6.85. The molecule has 2 aromatic rings. The summed E-state index contributed by atoms with van der Waals surface area (Å²) in [7, 11) is 0. The van der Waals surface area contributed by atoms with E-state index in [-0.39, 0.29) is 16.9 Å². The van der Waals surface area contributed by atoms with Gasteiger partial charge in [-0.15, -0.1) is 0 Å². The fourth-order valence-corrected chi connectivity index (χ4v) is 6.85. The first-order valence-corrected chi connectivity index (χ1v) is 10.8. The predicted octanol–water partition coefficient (Wildman–Crippen LogP) is 4.74. The van der Waals surface area contributed by atoms with Crippen molar-refractivity contribution in [3.63, 3.8) is 0 Å². The van der Waals surface area contributed by atoms with Crippen molar-refractivity contribution in [1.82, 2.24) is 4.98 Å². The lowest BCUT2D eigenvalue weighted by Crippen LogP contribution is -2.61. The molecule has 1 aliphatic heterocycles. The number of fused-ring (bicyclic) bond motifs is 4. The summed E-state index contributed by atoms with van der Waals surface area (Å²) in [4.78, 5) is 17.1. The number of ether oxygens (including phenoxy) is 1. The van der Waals surface area contributed by atoms with Crippen molar-refractivity contribution in [2.45, 2.75) is 64.6 Å². The molecule has 0 radical (unpaired) electrons. The van der Waals surface area contributed by atoms with Gasteiger partial charge in [-0.3, -0.25) is 4.98 Å². The molecule has 0 spiro atoms. The second-order valence-corrected chi connectivity index (χ2v) is 9.78. The van der Waals surface area contributed by atoms with Gasteiger partial charge in [0.05, 0.1) is 6.10 Å². The summed E-state index contributed by atoms with van der Waals surface area (Å²) in [5.74, 6) is 1.95. The zero-order valence-corrected chi connectivity index (χ0v) is 17.4. The molecule has 0 saturated heterocycles. The van der Waals surface area contributed by atoms with Gasteiger partial charge in [0, 0.05) is 29.9 Å². The van der Waals surface area contributed by atoms with E-state index in [0.29, 0.717) is 23.3 Å². The van der Waals surface area contributed by atoms with E-state index in [0.717, 1.165) is 31.2 Å². The van der Waals surface area contributed by atoms with E-state index in [2.05, 4.69) is 25.8 Å². The fraction of sp³-hybridized carbons (Fsp3) is 0.583. The Bertz CT molecular complexity index is 986. The zero-order valence-electron chi connectivity index (χ0n) is 17.4. The van der Waals surface area contributed by atoms with Crippen molar-refractivity contribution >= 4 is 0 Å². The van der Waals surface area contributed by atoms with Crippen molar-refractivity contribution in [2.24, 2.45) is 23.2 Å². The van der Waals surface area contributed by atoms with Gasteiger partial charge in [-0.25, -0.2) is 4.79 Å². The van der Waals surface area contributed by atoms with Crippen molar-refractivity contribution in [3.05, 3.63) is 46.6 Å². The quantitative estimate of drug-likeness (QED) is 0.755. The molecular weight excluding hydrogens is 366 g/mol. The molecule has 1 N–H and O–H groups in total. The minimum atomic E-state index is -0.874. The van der Waals surface area contributed by atoms with E-state index in [1.807, 2.05) is 6.07 Å². The maximum absolute atomic E-state index is 12.9. The molecule has 2 saturated carbocycles. The Kier molecular flexibility index (Phi) is 4.18. The summed E-state index contributed by atoms with van der Waals surface area (Å²) in [6, 6.07) is 5.39. The Balaban J connectivity index is 1.62. The summed E-state index contributed by atoms with van der Waals surface area (Å²) in [6.45, 7) is 6.75. The molecular formula is C24H29NO4. The second kappa shape index (κ2) is 6.43. The highest BCUT2D eigenvalue weighted by atomic mass is 16.5. The lowest BCUT2D eigenvalue weighted by Gasteiger charge is -2.61. The average molecular weight is 395 g/mol. The number of hydrogen-bond donors (Lipinski definition) is 1. The average Bonchev–Trinajstić information content (AvgIpc) is 2.67. The zero-order chi connectivity index (χ0) is 20.4. The number of aromatic nitrogens is 1. The molecule has 2 fully saturated rings. The lowest BCUT2D eigenvalue weighted by molar-refractivity contribution is -0.189. The first-order valence-electron chi connectivity index (χ1n) is 10.8. The maximum Gasteiger partial charge on any atom is 0.345 e. The van der Waals surface area contributed by atoms with Crippen LogP contribution in [0.5, 0.6) is 5.75 Å². The van der Waals surface area contributed by atoms with Crippen LogP contribution in [-0.2, 0) is 0 Å². The Morgan fingerprint density at radius 3 is 2.83 bits per heavy atom. The van der Waals surface area contributed by atoms with Crippen molar-refractivity contribution < 1.29 is 14.3 Å². The molecule has 5 heteroatoms. The highest BCUT2D eigenvalue weighted by molar-refractivity contribution is 5.58. The molecule has 3 heterocycles. The van der Waals surface area contributed by atoms with Gasteiger partial charge >= 0.3 is 5.63 Å². The summed E-state index contributed by atoms with van der Waals surface area (Å²) >= 11 is 0. The second-order valence-electron chi connectivity index (χ2n) is 9.78. The molecule has 3 unspecified atom stereocenters. The van der Waals surface area contributed by atoms with Crippen LogP contribution >= 0.6 is 0 Å². The Morgan fingerprint density at radius 1 is 1.24 bits per heavy atom.